The molecule has 4 nitrogen and oxygen atoms in total. The Morgan fingerprint density at radius 1 is 1.14 bits per heavy atom. The highest BCUT2D eigenvalue weighted by atomic mass is 16.5. The molecule has 0 N–H and O–H groups in total. The highest BCUT2D eigenvalue weighted by Crippen LogP contribution is 2.26. The lowest BCUT2D eigenvalue weighted by Gasteiger charge is -2.07. The molecule has 0 aliphatic carbocycles. The van der Waals surface area contributed by atoms with E-state index >= 15 is 0 Å². The molecule has 0 saturated carbocycles. The van der Waals surface area contributed by atoms with Crippen LogP contribution in [0.1, 0.15) is 12.5 Å². The van der Waals surface area contributed by atoms with Crippen molar-refractivity contribution in [1.82, 2.24) is 0 Å². The Hall–Kier alpha value is -2.62. The summed E-state index contributed by atoms with van der Waals surface area (Å²) in [6, 6.07) is 12.8. The van der Waals surface area contributed by atoms with E-state index in [9.17, 15) is 9.59 Å². The lowest BCUT2D eigenvalue weighted by atomic mass is 10.0. The molecule has 0 bridgehead atoms. The van der Waals surface area contributed by atoms with E-state index in [1.165, 1.54) is 6.07 Å². The molecular formula is C17H14O4. The van der Waals surface area contributed by atoms with E-state index in [1.54, 1.807) is 6.92 Å². The predicted molar refractivity (Wildman–Crippen MR) is 80.3 cm³/mol. The van der Waals surface area contributed by atoms with Gasteiger partial charge in [0.2, 0.25) is 0 Å². The second-order valence-electron chi connectivity index (χ2n) is 4.74. The van der Waals surface area contributed by atoms with Crippen LogP contribution in [0.15, 0.2) is 51.7 Å². The Kier molecular flexibility index (Phi) is 3.44. The first kappa shape index (κ1) is 13.4. The summed E-state index contributed by atoms with van der Waals surface area (Å²) in [6.07, 6.45) is 0.0638. The number of rotatable bonds is 3. The van der Waals surface area contributed by atoms with Crippen LogP contribution in [-0.4, -0.2) is 12.6 Å². The Bertz CT molecular complexity index is 877. The van der Waals surface area contributed by atoms with E-state index in [1.807, 2.05) is 36.4 Å². The number of fused-ring (bicyclic) bond motifs is 3. The number of hydrogen-bond acceptors (Lipinski definition) is 4. The van der Waals surface area contributed by atoms with E-state index in [4.69, 9.17) is 9.15 Å². The molecule has 0 radical (unpaired) electrons. The monoisotopic (exact) mass is 282 g/mol. The van der Waals surface area contributed by atoms with Gasteiger partial charge in [-0.05, 0) is 17.9 Å². The van der Waals surface area contributed by atoms with Gasteiger partial charge in [0.25, 0.3) is 0 Å². The van der Waals surface area contributed by atoms with Crippen LogP contribution >= 0.6 is 0 Å². The number of carbonyl (C=O) groups excluding carboxylic acids is 1. The fourth-order valence-corrected chi connectivity index (χ4v) is 2.47. The van der Waals surface area contributed by atoms with E-state index in [2.05, 4.69) is 0 Å². The molecule has 0 aliphatic rings. The zero-order valence-electron chi connectivity index (χ0n) is 11.6. The zero-order valence-corrected chi connectivity index (χ0v) is 11.6. The number of benzene rings is 2. The van der Waals surface area contributed by atoms with Crippen LogP contribution in [0.25, 0.3) is 21.7 Å². The average Bonchev–Trinajstić information content (AvgIpc) is 2.47. The number of carbonyl (C=O) groups is 1. The summed E-state index contributed by atoms with van der Waals surface area (Å²) in [4.78, 5) is 23.4. The quantitative estimate of drug-likeness (QED) is 0.421. The van der Waals surface area contributed by atoms with Gasteiger partial charge >= 0.3 is 11.6 Å². The van der Waals surface area contributed by atoms with Crippen molar-refractivity contribution in [3.8, 4) is 0 Å². The molecule has 1 heterocycles. The summed E-state index contributed by atoms with van der Waals surface area (Å²) in [5.41, 5.74) is 0.684. The SMILES string of the molecule is CCOC(=O)Cc1cc(=O)oc2c1ccc1ccccc12. The lowest BCUT2D eigenvalue weighted by Crippen LogP contribution is -2.10. The van der Waals surface area contributed by atoms with E-state index < -0.39 is 5.63 Å². The number of hydrogen-bond donors (Lipinski definition) is 0. The molecule has 106 valence electrons. The molecule has 0 amide bonds. The van der Waals surface area contributed by atoms with Crippen molar-refractivity contribution in [2.75, 3.05) is 6.61 Å². The minimum absolute atomic E-state index is 0.0638. The van der Waals surface area contributed by atoms with Gasteiger partial charge in [0.1, 0.15) is 5.58 Å². The van der Waals surface area contributed by atoms with E-state index in [-0.39, 0.29) is 12.4 Å². The van der Waals surface area contributed by atoms with Gasteiger partial charge in [-0.3, -0.25) is 4.79 Å². The smallest absolute Gasteiger partial charge is 0.336 e. The first-order chi connectivity index (χ1) is 10.2. The highest BCUT2D eigenvalue weighted by molar-refractivity contribution is 6.05. The third kappa shape index (κ3) is 2.52. The molecule has 3 rings (SSSR count). The maximum absolute atomic E-state index is 11.8. The molecule has 0 fully saturated rings. The first-order valence-electron chi connectivity index (χ1n) is 6.79. The third-order valence-corrected chi connectivity index (χ3v) is 3.36. The summed E-state index contributed by atoms with van der Waals surface area (Å²) in [7, 11) is 0. The maximum Gasteiger partial charge on any atom is 0.336 e. The van der Waals surface area contributed by atoms with E-state index in [0.717, 1.165) is 16.2 Å². The maximum atomic E-state index is 11.8. The van der Waals surface area contributed by atoms with Crippen molar-refractivity contribution in [3.63, 3.8) is 0 Å². The molecule has 0 saturated heterocycles. The molecule has 21 heavy (non-hydrogen) atoms. The lowest BCUT2D eigenvalue weighted by molar-refractivity contribution is -0.142. The van der Waals surface area contributed by atoms with Crippen LogP contribution in [-0.2, 0) is 16.0 Å². The Morgan fingerprint density at radius 3 is 2.76 bits per heavy atom. The van der Waals surface area contributed by atoms with Gasteiger partial charge in [-0.2, -0.15) is 0 Å². The minimum atomic E-state index is -0.460. The summed E-state index contributed by atoms with van der Waals surface area (Å²) in [5, 5.41) is 2.61. The van der Waals surface area contributed by atoms with Crippen molar-refractivity contribution in [1.29, 1.82) is 0 Å². The molecule has 2 aromatic carbocycles. The van der Waals surface area contributed by atoms with Gasteiger partial charge in [-0.15, -0.1) is 0 Å². The van der Waals surface area contributed by atoms with Crippen LogP contribution in [0.4, 0.5) is 0 Å². The molecular weight excluding hydrogens is 268 g/mol. The average molecular weight is 282 g/mol. The van der Waals surface area contributed by atoms with Crippen LogP contribution in [0, 0.1) is 0 Å². The van der Waals surface area contributed by atoms with Crippen LogP contribution in [0.3, 0.4) is 0 Å². The van der Waals surface area contributed by atoms with Crippen molar-refractivity contribution in [2.24, 2.45) is 0 Å². The Balaban J connectivity index is 2.23. The second-order valence-corrected chi connectivity index (χ2v) is 4.74. The summed E-state index contributed by atoms with van der Waals surface area (Å²) >= 11 is 0. The van der Waals surface area contributed by atoms with Crippen molar-refractivity contribution >= 4 is 27.7 Å². The predicted octanol–water partition coefficient (Wildman–Crippen LogP) is 3.05. The van der Waals surface area contributed by atoms with Gasteiger partial charge in [0.05, 0.1) is 13.0 Å². The topological polar surface area (TPSA) is 56.5 Å². The second kappa shape index (κ2) is 5.40. The van der Waals surface area contributed by atoms with Crippen molar-refractivity contribution in [2.45, 2.75) is 13.3 Å². The van der Waals surface area contributed by atoms with Gasteiger partial charge in [-0.25, -0.2) is 4.79 Å². The molecule has 0 unspecified atom stereocenters. The standard InChI is InChI=1S/C17H14O4/c1-2-20-15(18)9-12-10-16(19)21-17-13-6-4-3-5-11(13)7-8-14(12)17/h3-8,10H,2,9H2,1H3. The van der Waals surface area contributed by atoms with Gasteiger partial charge in [0, 0.05) is 16.8 Å². The molecule has 3 aromatic rings. The molecule has 0 atom stereocenters. The van der Waals surface area contributed by atoms with Crippen LogP contribution < -0.4 is 5.63 Å². The van der Waals surface area contributed by atoms with Crippen molar-refractivity contribution < 1.29 is 13.9 Å². The number of ether oxygens (including phenoxy) is 1. The summed E-state index contributed by atoms with van der Waals surface area (Å²) in [5.74, 6) is -0.349. The summed E-state index contributed by atoms with van der Waals surface area (Å²) in [6.45, 7) is 2.07. The largest absolute Gasteiger partial charge is 0.466 e. The first-order valence-corrected chi connectivity index (χ1v) is 6.79. The van der Waals surface area contributed by atoms with Gasteiger partial charge < -0.3 is 9.15 Å². The van der Waals surface area contributed by atoms with Crippen LogP contribution in [0.5, 0.6) is 0 Å². The molecule has 0 spiro atoms. The Labute approximate surface area is 120 Å². The minimum Gasteiger partial charge on any atom is -0.466 e. The van der Waals surface area contributed by atoms with Gasteiger partial charge in [0.15, 0.2) is 0 Å². The fourth-order valence-electron chi connectivity index (χ4n) is 2.47. The molecule has 0 aliphatic heterocycles. The number of esters is 1. The zero-order chi connectivity index (χ0) is 14.8. The Morgan fingerprint density at radius 2 is 1.95 bits per heavy atom. The van der Waals surface area contributed by atoms with E-state index in [0.29, 0.717) is 17.8 Å². The summed E-state index contributed by atoms with van der Waals surface area (Å²) < 4.78 is 10.3. The van der Waals surface area contributed by atoms with Gasteiger partial charge in [-0.1, -0.05) is 36.4 Å². The normalized spacial score (nSPS) is 10.9. The third-order valence-electron chi connectivity index (χ3n) is 3.36. The van der Waals surface area contributed by atoms with Crippen LogP contribution in [0.2, 0.25) is 0 Å². The van der Waals surface area contributed by atoms with Crippen molar-refractivity contribution in [3.05, 3.63) is 58.4 Å². The highest BCUT2D eigenvalue weighted by Gasteiger charge is 2.12. The molecule has 1 aromatic heterocycles. The fraction of sp³-hybridized carbons (Fsp3) is 0.176. The molecule has 4 heteroatoms.